The van der Waals surface area contributed by atoms with Gasteiger partial charge in [0, 0.05) is 22.6 Å². The van der Waals surface area contributed by atoms with Crippen molar-refractivity contribution in [1.82, 2.24) is 5.16 Å². The van der Waals surface area contributed by atoms with Crippen molar-refractivity contribution in [3.63, 3.8) is 0 Å². The molecule has 0 aliphatic heterocycles. The standard InChI is InChI=1S/C33H30F3NO3/c1-4-39-31(38)19-12-24-10-13-26(14-11-24)27-15-17-28(18-16-27)32-30(23(3)37-40-32)20-22(2)8-9-25-6-5-7-29(21-25)33(34,35)36/h5-7,10-11,13-18,21-22H,4,8-9,20H2,1-3H3. The number of aryl methyl sites for hydroxylation is 2. The van der Waals surface area contributed by atoms with Gasteiger partial charge in [0.15, 0.2) is 5.76 Å². The molecule has 0 bridgehead atoms. The number of alkyl halides is 3. The van der Waals surface area contributed by atoms with Crippen molar-refractivity contribution in [1.29, 1.82) is 0 Å². The largest absolute Gasteiger partial charge is 0.456 e. The van der Waals surface area contributed by atoms with E-state index in [4.69, 9.17) is 9.26 Å². The van der Waals surface area contributed by atoms with Gasteiger partial charge in [-0.3, -0.25) is 0 Å². The Morgan fingerprint density at radius 3 is 2.30 bits per heavy atom. The summed E-state index contributed by atoms with van der Waals surface area (Å²) in [4.78, 5) is 11.4. The predicted molar refractivity (Wildman–Crippen MR) is 148 cm³/mol. The molecule has 1 atom stereocenters. The molecule has 0 radical (unpaired) electrons. The van der Waals surface area contributed by atoms with Crippen LogP contribution in [0.2, 0.25) is 0 Å². The predicted octanol–water partition coefficient (Wildman–Crippen LogP) is 8.06. The Morgan fingerprint density at radius 2 is 1.65 bits per heavy atom. The Labute approximate surface area is 232 Å². The first-order chi connectivity index (χ1) is 19.1. The van der Waals surface area contributed by atoms with E-state index < -0.39 is 17.7 Å². The Balaban J connectivity index is 1.42. The lowest BCUT2D eigenvalue weighted by atomic mass is 9.92. The van der Waals surface area contributed by atoms with Gasteiger partial charge in [-0.05, 0) is 73.9 Å². The minimum atomic E-state index is -4.34. The summed E-state index contributed by atoms with van der Waals surface area (Å²) in [7, 11) is 0. The van der Waals surface area contributed by atoms with Gasteiger partial charge in [-0.15, -0.1) is 0 Å². The van der Waals surface area contributed by atoms with E-state index in [1.54, 1.807) is 13.0 Å². The van der Waals surface area contributed by atoms with Gasteiger partial charge >= 0.3 is 12.1 Å². The van der Waals surface area contributed by atoms with E-state index in [0.717, 1.165) is 46.0 Å². The highest BCUT2D eigenvalue weighted by molar-refractivity contribution is 5.89. The van der Waals surface area contributed by atoms with Crippen molar-refractivity contribution in [2.24, 2.45) is 5.92 Å². The van der Waals surface area contributed by atoms with Crippen molar-refractivity contribution in [3.05, 3.63) is 101 Å². The van der Waals surface area contributed by atoms with Crippen LogP contribution in [-0.4, -0.2) is 17.7 Å². The molecule has 40 heavy (non-hydrogen) atoms. The number of rotatable bonds is 8. The molecular weight excluding hydrogens is 515 g/mol. The second kappa shape index (κ2) is 12.7. The quantitative estimate of drug-likeness (QED) is 0.166. The van der Waals surface area contributed by atoms with Crippen molar-refractivity contribution in [3.8, 4) is 34.3 Å². The average molecular weight is 546 g/mol. The van der Waals surface area contributed by atoms with Crippen molar-refractivity contribution in [2.75, 3.05) is 6.61 Å². The van der Waals surface area contributed by atoms with E-state index in [9.17, 15) is 18.0 Å². The molecule has 0 saturated carbocycles. The number of ether oxygens (including phenoxy) is 1. The van der Waals surface area contributed by atoms with Crippen LogP contribution in [0.4, 0.5) is 13.2 Å². The summed E-state index contributed by atoms with van der Waals surface area (Å²) in [5, 5.41) is 4.19. The first kappa shape index (κ1) is 28.7. The van der Waals surface area contributed by atoms with Crippen molar-refractivity contribution in [2.45, 2.75) is 46.2 Å². The molecule has 0 amide bonds. The fourth-order valence-electron chi connectivity index (χ4n) is 4.47. The minimum absolute atomic E-state index is 0.219. The summed E-state index contributed by atoms with van der Waals surface area (Å²) in [5.41, 5.74) is 5.53. The molecule has 0 fully saturated rings. The summed E-state index contributed by atoms with van der Waals surface area (Å²) >= 11 is 0. The van der Waals surface area contributed by atoms with Gasteiger partial charge < -0.3 is 9.26 Å². The van der Waals surface area contributed by atoms with Gasteiger partial charge in [0.1, 0.15) is 0 Å². The molecule has 0 saturated heterocycles. The monoisotopic (exact) mass is 545 g/mol. The number of benzene rings is 3. The zero-order valence-corrected chi connectivity index (χ0v) is 22.6. The lowest BCUT2D eigenvalue weighted by Gasteiger charge is -2.13. The van der Waals surface area contributed by atoms with Gasteiger partial charge in [0.05, 0.1) is 17.9 Å². The summed E-state index contributed by atoms with van der Waals surface area (Å²) in [6.07, 6.45) is -2.33. The number of carbonyl (C=O) groups is 1. The summed E-state index contributed by atoms with van der Waals surface area (Å²) in [6.45, 7) is 6.02. The smallest absolute Gasteiger partial charge is 0.416 e. The fourth-order valence-corrected chi connectivity index (χ4v) is 4.47. The number of halogens is 3. The van der Waals surface area contributed by atoms with Crippen LogP contribution in [0.25, 0.3) is 22.5 Å². The maximum Gasteiger partial charge on any atom is 0.416 e. The molecular formula is C33H30F3NO3. The highest BCUT2D eigenvalue weighted by atomic mass is 19.4. The van der Waals surface area contributed by atoms with Gasteiger partial charge in [-0.2, -0.15) is 13.2 Å². The zero-order valence-electron chi connectivity index (χ0n) is 22.6. The third kappa shape index (κ3) is 7.41. The second-order valence-electron chi connectivity index (χ2n) is 9.75. The number of esters is 1. The Bertz CT molecular complexity index is 1510. The molecule has 7 heteroatoms. The number of hydrogen-bond acceptors (Lipinski definition) is 4. The van der Waals surface area contributed by atoms with E-state index in [1.165, 1.54) is 12.1 Å². The van der Waals surface area contributed by atoms with Crippen molar-refractivity contribution < 1.29 is 27.2 Å². The molecule has 0 aliphatic rings. The second-order valence-corrected chi connectivity index (χ2v) is 9.75. The maximum absolute atomic E-state index is 13.0. The molecule has 206 valence electrons. The molecule has 1 heterocycles. The van der Waals surface area contributed by atoms with Gasteiger partial charge in [0.25, 0.3) is 0 Å². The topological polar surface area (TPSA) is 52.3 Å². The molecule has 4 aromatic rings. The third-order valence-electron chi connectivity index (χ3n) is 6.67. The summed E-state index contributed by atoms with van der Waals surface area (Å²) in [6, 6.07) is 21.1. The summed E-state index contributed by atoms with van der Waals surface area (Å²) < 4.78 is 49.6. The maximum atomic E-state index is 13.0. The van der Waals surface area contributed by atoms with Gasteiger partial charge in [-0.25, -0.2) is 4.79 Å². The van der Waals surface area contributed by atoms with Crippen LogP contribution in [0.15, 0.2) is 77.3 Å². The van der Waals surface area contributed by atoms with Crippen LogP contribution >= 0.6 is 0 Å². The lowest BCUT2D eigenvalue weighted by Crippen LogP contribution is -2.06. The van der Waals surface area contributed by atoms with E-state index in [1.807, 2.05) is 55.5 Å². The zero-order chi connectivity index (χ0) is 28.7. The molecule has 4 rings (SSSR count). The third-order valence-corrected chi connectivity index (χ3v) is 6.67. The van der Waals surface area contributed by atoms with Crippen LogP contribution in [-0.2, 0) is 28.5 Å². The molecule has 3 aromatic carbocycles. The van der Waals surface area contributed by atoms with E-state index in [2.05, 4.69) is 23.9 Å². The van der Waals surface area contributed by atoms with Gasteiger partial charge in [-0.1, -0.05) is 72.6 Å². The van der Waals surface area contributed by atoms with Crippen LogP contribution in [0.1, 0.15) is 48.2 Å². The molecule has 0 N–H and O–H groups in total. The van der Waals surface area contributed by atoms with Crippen LogP contribution in [0.3, 0.4) is 0 Å². The molecule has 1 aromatic heterocycles. The highest BCUT2D eigenvalue weighted by Gasteiger charge is 2.30. The van der Waals surface area contributed by atoms with E-state index in [0.29, 0.717) is 30.8 Å². The number of carbonyl (C=O) groups excluding carboxylic acids is 1. The van der Waals surface area contributed by atoms with E-state index in [-0.39, 0.29) is 5.92 Å². The highest BCUT2D eigenvalue weighted by Crippen LogP contribution is 2.32. The van der Waals surface area contributed by atoms with Gasteiger partial charge in [0.2, 0.25) is 0 Å². The Hall–Kier alpha value is -4.31. The van der Waals surface area contributed by atoms with Crippen LogP contribution < -0.4 is 0 Å². The summed E-state index contributed by atoms with van der Waals surface area (Å²) in [5.74, 6) is 5.64. The molecule has 4 nitrogen and oxygen atoms in total. The SMILES string of the molecule is CCOC(=O)C#Cc1ccc(-c2ccc(-c3onc(C)c3CC(C)CCc3cccc(C(F)(F)F)c3)cc2)cc1. The number of aromatic nitrogens is 1. The number of nitrogens with zero attached hydrogens (tertiary/aromatic N) is 1. The van der Waals surface area contributed by atoms with Crippen molar-refractivity contribution >= 4 is 5.97 Å². The average Bonchev–Trinajstić information content (AvgIpc) is 3.30. The molecule has 0 aliphatic carbocycles. The first-order valence-corrected chi connectivity index (χ1v) is 13.1. The van der Waals surface area contributed by atoms with E-state index >= 15 is 0 Å². The molecule has 1 unspecified atom stereocenters. The Kier molecular flexibility index (Phi) is 9.11. The number of hydrogen-bond donors (Lipinski definition) is 0. The van der Waals surface area contributed by atoms with Crippen LogP contribution in [0.5, 0.6) is 0 Å². The Morgan fingerprint density at radius 1 is 1.00 bits per heavy atom. The first-order valence-electron chi connectivity index (χ1n) is 13.1. The lowest BCUT2D eigenvalue weighted by molar-refractivity contribution is -0.138. The fraction of sp³-hybridized carbons (Fsp3) is 0.273. The normalized spacial score (nSPS) is 11.9. The molecule has 0 spiro atoms. The van der Waals surface area contributed by atoms with Crippen LogP contribution in [0, 0.1) is 24.7 Å². The minimum Gasteiger partial charge on any atom is -0.456 e.